The molecule has 3 unspecified atom stereocenters. The molecule has 4 heterocycles. The van der Waals surface area contributed by atoms with E-state index in [1.807, 2.05) is 32.1 Å². The van der Waals surface area contributed by atoms with E-state index in [0.29, 0.717) is 18.4 Å². The van der Waals surface area contributed by atoms with E-state index in [1.54, 1.807) is 4.90 Å². The van der Waals surface area contributed by atoms with Crippen LogP contribution in [0, 0.1) is 11.8 Å². The minimum atomic E-state index is -0.507. The highest BCUT2D eigenvalue weighted by Crippen LogP contribution is 2.42. The normalized spacial score (nSPS) is 28.8. The van der Waals surface area contributed by atoms with E-state index in [9.17, 15) is 4.79 Å². The quantitative estimate of drug-likeness (QED) is 0.652. The summed E-state index contributed by atoms with van der Waals surface area (Å²) in [5.41, 5.74) is 2.54. The number of benzene rings is 1. The molecule has 2 bridgehead atoms. The second-order valence-electron chi connectivity index (χ2n) is 10.2. The summed E-state index contributed by atoms with van der Waals surface area (Å²) in [5.74, 6) is 1.78. The van der Waals surface area contributed by atoms with Crippen LogP contribution in [0.5, 0.6) is 0 Å². The topological polar surface area (TPSA) is 45.7 Å². The number of fused-ring (bicyclic) bond motifs is 3. The monoisotopic (exact) mass is 425 g/mol. The Hall–Kier alpha value is -1.92. The standard InChI is InChI=1S/C24H31N3O2S/c1-15-5-7-20(27(12-15)23(28)29-24(2,3)4)16-6-8-21-19(11-16)25-22(30-21)18-14-26-10-9-17(18)13-26/h6-8,11,15,17-18H,5,9-10,12-14H2,1-4H3/t15-,17?,18?/m0/s1. The van der Waals surface area contributed by atoms with Gasteiger partial charge in [0.2, 0.25) is 0 Å². The van der Waals surface area contributed by atoms with Gasteiger partial charge in [-0.1, -0.05) is 19.1 Å². The highest BCUT2D eigenvalue weighted by molar-refractivity contribution is 7.18. The lowest BCUT2D eigenvalue weighted by Crippen LogP contribution is -2.39. The number of nitrogens with zero attached hydrogens (tertiary/aromatic N) is 3. The molecular formula is C24H31N3O2S. The number of carbonyl (C=O) groups excluding carboxylic acids is 1. The van der Waals surface area contributed by atoms with E-state index in [-0.39, 0.29) is 6.09 Å². The Labute approximate surface area is 182 Å². The van der Waals surface area contributed by atoms with Crippen LogP contribution < -0.4 is 0 Å². The van der Waals surface area contributed by atoms with Crippen LogP contribution >= 0.6 is 11.3 Å². The highest BCUT2D eigenvalue weighted by Gasteiger charge is 2.40. The van der Waals surface area contributed by atoms with Crippen LogP contribution in [-0.2, 0) is 4.74 Å². The summed E-state index contributed by atoms with van der Waals surface area (Å²) in [4.78, 5) is 22.3. The number of ether oxygens (including phenoxy) is 1. The Bertz CT molecular complexity index is 1010. The molecule has 1 aromatic carbocycles. The van der Waals surface area contributed by atoms with Gasteiger partial charge in [-0.15, -0.1) is 11.3 Å². The zero-order chi connectivity index (χ0) is 21.0. The molecule has 4 atom stereocenters. The molecule has 0 aliphatic carbocycles. The summed E-state index contributed by atoms with van der Waals surface area (Å²) < 4.78 is 6.93. The molecule has 5 nitrogen and oxygen atoms in total. The maximum atomic E-state index is 12.9. The van der Waals surface area contributed by atoms with Crippen molar-refractivity contribution in [3.63, 3.8) is 0 Å². The molecular weight excluding hydrogens is 394 g/mol. The number of rotatable bonds is 2. The van der Waals surface area contributed by atoms with Crippen molar-refractivity contribution in [3.05, 3.63) is 34.8 Å². The van der Waals surface area contributed by atoms with E-state index in [4.69, 9.17) is 9.72 Å². The van der Waals surface area contributed by atoms with E-state index in [0.717, 1.165) is 35.7 Å². The van der Waals surface area contributed by atoms with E-state index in [1.165, 1.54) is 29.2 Å². The van der Waals surface area contributed by atoms with Crippen molar-refractivity contribution < 1.29 is 9.53 Å². The minimum Gasteiger partial charge on any atom is -0.443 e. The van der Waals surface area contributed by atoms with Crippen LogP contribution in [0.4, 0.5) is 4.79 Å². The first-order valence-corrected chi connectivity index (χ1v) is 11.9. The van der Waals surface area contributed by atoms with Crippen molar-refractivity contribution in [2.75, 3.05) is 26.2 Å². The van der Waals surface area contributed by atoms with Gasteiger partial charge in [-0.05, 0) is 64.1 Å². The van der Waals surface area contributed by atoms with Crippen molar-refractivity contribution in [1.82, 2.24) is 14.8 Å². The average molecular weight is 426 g/mol. The van der Waals surface area contributed by atoms with Gasteiger partial charge in [-0.2, -0.15) is 0 Å². The predicted molar refractivity (Wildman–Crippen MR) is 122 cm³/mol. The molecule has 1 amide bonds. The van der Waals surface area contributed by atoms with Crippen molar-refractivity contribution in [2.45, 2.75) is 52.1 Å². The third-order valence-corrected chi connectivity index (χ3v) is 7.63. The molecule has 30 heavy (non-hydrogen) atoms. The first kappa shape index (κ1) is 20.0. The maximum absolute atomic E-state index is 12.9. The summed E-state index contributed by atoms with van der Waals surface area (Å²) in [7, 11) is 0. The highest BCUT2D eigenvalue weighted by atomic mass is 32.1. The maximum Gasteiger partial charge on any atom is 0.414 e. The molecule has 2 fully saturated rings. The smallest absolute Gasteiger partial charge is 0.414 e. The average Bonchev–Trinajstić information content (AvgIpc) is 3.40. The summed E-state index contributed by atoms with van der Waals surface area (Å²) in [6, 6.07) is 6.46. The van der Waals surface area contributed by atoms with Crippen LogP contribution in [0.3, 0.4) is 0 Å². The van der Waals surface area contributed by atoms with Crippen molar-refractivity contribution >= 4 is 33.3 Å². The van der Waals surface area contributed by atoms with Gasteiger partial charge in [0, 0.05) is 31.1 Å². The first-order valence-electron chi connectivity index (χ1n) is 11.1. The lowest BCUT2D eigenvalue weighted by Gasteiger charge is -2.33. The molecule has 0 radical (unpaired) electrons. The number of thiazole rings is 1. The lowest BCUT2D eigenvalue weighted by molar-refractivity contribution is 0.0327. The zero-order valence-electron chi connectivity index (χ0n) is 18.4. The van der Waals surface area contributed by atoms with Crippen molar-refractivity contribution in [2.24, 2.45) is 11.8 Å². The number of hydrogen-bond donors (Lipinski definition) is 0. The Balaban J connectivity index is 1.44. The van der Waals surface area contributed by atoms with Crippen LogP contribution in [0.25, 0.3) is 15.9 Å². The second kappa shape index (κ2) is 7.34. The van der Waals surface area contributed by atoms with Gasteiger partial charge in [0.25, 0.3) is 0 Å². The Kier molecular flexibility index (Phi) is 4.90. The van der Waals surface area contributed by atoms with Gasteiger partial charge in [-0.25, -0.2) is 9.78 Å². The molecule has 0 spiro atoms. The van der Waals surface area contributed by atoms with Crippen LogP contribution in [0.15, 0.2) is 24.3 Å². The Morgan fingerprint density at radius 1 is 1.23 bits per heavy atom. The SMILES string of the molecule is C[C@H]1CC=C(c2ccc3sc(C4CN5CCC4C5)nc3c2)N(C(=O)OC(C)(C)C)C1. The van der Waals surface area contributed by atoms with E-state index >= 15 is 0 Å². The Morgan fingerprint density at radius 2 is 2.07 bits per heavy atom. The number of allylic oxidation sites excluding steroid dienone is 1. The molecule has 5 rings (SSSR count). The van der Waals surface area contributed by atoms with Crippen LogP contribution in [0.2, 0.25) is 0 Å². The fraction of sp³-hybridized carbons (Fsp3) is 0.583. The number of amides is 1. The molecule has 6 heteroatoms. The number of carbonyl (C=O) groups is 1. The molecule has 3 aliphatic rings. The number of aromatic nitrogens is 1. The van der Waals surface area contributed by atoms with Crippen LogP contribution in [-0.4, -0.2) is 52.7 Å². The molecule has 3 aliphatic heterocycles. The number of piperidine rings is 1. The van der Waals surface area contributed by atoms with Gasteiger partial charge in [0.15, 0.2) is 0 Å². The fourth-order valence-corrected chi connectivity index (χ4v) is 6.13. The summed E-state index contributed by atoms with van der Waals surface area (Å²) >= 11 is 1.84. The minimum absolute atomic E-state index is 0.268. The Morgan fingerprint density at radius 3 is 2.77 bits per heavy atom. The van der Waals surface area contributed by atoms with Crippen molar-refractivity contribution in [3.8, 4) is 0 Å². The van der Waals surface area contributed by atoms with Gasteiger partial charge >= 0.3 is 6.09 Å². The molecule has 0 N–H and O–H groups in total. The first-order chi connectivity index (χ1) is 14.3. The van der Waals surface area contributed by atoms with Gasteiger partial charge in [0.05, 0.1) is 20.9 Å². The fourth-order valence-electron chi connectivity index (χ4n) is 5.00. The molecule has 2 saturated heterocycles. The summed E-state index contributed by atoms with van der Waals surface area (Å²) in [6.07, 6.45) is 4.18. The third-order valence-electron chi connectivity index (χ3n) is 6.46. The van der Waals surface area contributed by atoms with Crippen molar-refractivity contribution in [1.29, 1.82) is 0 Å². The molecule has 0 saturated carbocycles. The summed E-state index contributed by atoms with van der Waals surface area (Å²) in [6.45, 7) is 12.2. The molecule has 2 aromatic rings. The van der Waals surface area contributed by atoms with Gasteiger partial charge < -0.3 is 9.64 Å². The lowest BCUT2D eigenvalue weighted by atomic mass is 9.93. The predicted octanol–water partition coefficient (Wildman–Crippen LogP) is 5.33. The van der Waals surface area contributed by atoms with E-state index < -0.39 is 5.60 Å². The molecule has 1 aromatic heterocycles. The zero-order valence-corrected chi connectivity index (χ0v) is 19.2. The van der Waals surface area contributed by atoms with E-state index in [2.05, 4.69) is 36.1 Å². The largest absolute Gasteiger partial charge is 0.443 e. The van der Waals surface area contributed by atoms with Gasteiger partial charge in [0.1, 0.15) is 5.60 Å². The second-order valence-corrected chi connectivity index (χ2v) is 11.2. The summed E-state index contributed by atoms with van der Waals surface area (Å²) in [5, 5.41) is 1.28. The van der Waals surface area contributed by atoms with Gasteiger partial charge in [-0.3, -0.25) is 4.90 Å². The third kappa shape index (κ3) is 3.76. The number of hydrogen-bond acceptors (Lipinski definition) is 5. The molecule has 160 valence electrons. The van der Waals surface area contributed by atoms with Crippen LogP contribution in [0.1, 0.15) is 57.0 Å².